The molecular weight excluding hydrogens is 256 g/mol. The first kappa shape index (κ1) is 15.3. The molecule has 1 fully saturated rings. The molecule has 0 amide bonds. The number of isocyanates is 1. The Balaban J connectivity index is 2.59. The number of rotatable bonds is 6. The molecular formula is C11H20N2O4S. The highest BCUT2D eigenvalue weighted by Crippen LogP contribution is 2.22. The number of carbonyl (C=O) groups excluding carboxylic acids is 1. The smallest absolute Gasteiger partial charge is 0.235 e. The maximum absolute atomic E-state index is 12.1. The van der Waals surface area contributed by atoms with E-state index in [-0.39, 0.29) is 24.4 Å². The monoisotopic (exact) mass is 276 g/mol. The largest absolute Gasteiger partial charge is 0.381 e. The van der Waals surface area contributed by atoms with E-state index in [2.05, 4.69) is 4.99 Å². The van der Waals surface area contributed by atoms with Crippen LogP contribution >= 0.6 is 0 Å². The van der Waals surface area contributed by atoms with Gasteiger partial charge in [0, 0.05) is 19.2 Å². The molecule has 1 heterocycles. The van der Waals surface area contributed by atoms with Gasteiger partial charge in [-0.3, -0.25) is 0 Å². The molecule has 0 aromatic heterocycles. The van der Waals surface area contributed by atoms with Gasteiger partial charge in [0.05, 0.1) is 18.4 Å². The number of piperidine rings is 1. The number of sulfonamides is 1. The van der Waals surface area contributed by atoms with Crippen LogP contribution < -0.4 is 0 Å². The second kappa shape index (κ2) is 6.99. The Morgan fingerprint density at radius 1 is 1.50 bits per heavy atom. The fourth-order valence-corrected chi connectivity index (χ4v) is 3.74. The van der Waals surface area contributed by atoms with Crippen molar-refractivity contribution in [1.29, 1.82) is 0 Å². The number of ether oxygens (including phenoxy) is 1. The molecule has 1 aliphatic heterocycles. The van der Waals surface area contributed by atoms with E-state index in [1.54, 1.807) is 6.08 Å². The summed E-state index contributed by atoms with van der Waals surface area (Å²) in [5, 5.41) is 0. The fraction of sp³-hybridized carbons (Fsp3) is 0.909. The zero-order valence-corrected chi connectivity index (χ0v) is 11.6. The summed E-state index contributed by atoms with van der Waals surface area (Å²) in [6.45, 7) is 4.81. The second-order valence-corrected chi connectivity index (χ2v) is 6.41. The van der Waals surface area contributed by atoms with Crippen LogP contribution in [0.5, 0.6) is 0 Å². The van der Waals surface area contributed by atoms with Crippen LogP contribution in [0.2, 0.25) is 0 Å². The van der Waals surface area contributed by atoms with Crippen molar-refractivity contribution in [3.05, 3.63) is 0 Å². The standard InChI is InChI=1S/C11H20N2O4S/c1-3-17-6-7-18(15,16)13-5-4-11(12-9-14)8-10(13)2/h10-11H,3-8H2,1-2H3. The van der Waals surface area contributed by atoms with Crippen molar-refractivity contribution >= 4 is 16.1 Å². The summed E-state index contributed by atoms with van der Waals surface area (Å²) in [5.74, 6) is 0.00674. The van der Waals surface area contributed by atoms with E-state index in [9.17, 15) is 13.2 Å². The van der Waals surface area contributed by atoms with Crippen molar-refractivity contribution in [3.8, 4) is 0 Å². The van der Waals surface area contributed by atoms with Crippen LogP contribution in [0.1, 0.15) is 26.7 Å². The lowest BCUT2D eigenvalue weighted by Crippen LogP contribution is -2.47. The Bertz CT molecular complexity index is 403. The Labute approximate surface area is 108 Å². The number of aliphatic imine (C=N–C) groups is 1. The van der Waals surface area contributed by atoms with E-state index in [1.165, 1.54) is 4.31 Å². The highest BCUT2D eigenvalue weighted by atomic mass is 32.2. The van der Waals surface area contributed by atoms with Gasteiger partial charge in [0.2, 0.25) is 16.1 Å². The van der Waals surface area contributed by atoms with Crippen molar-refractivity contribution in [2.75, 3.05) is 25.5 Å². The van der Waals surface area contributed by atoms with Crippen LogP contribution in [0.3, 0.4) is 0 Å². The van der Waals surface area contributed by atoms with E-state index in [0.29, 0.717) is 26.0 Å². The topological polar surface area (TPSA) is 76.0 Å². The van der Waals surface area contributed by atoms with Gasteiger partial charge in [-0.15, -0.1) is 0 Å². The molecule has 1 aliphatic rings. The Morgan fingerprint density at radius 3 is 2.78 bits per heavy atom. The zero-order valence-electron chi connectivity index (χ0n) is 10.8. The third-order valence-electron chi connectivity index (χ3n) is 3.07. The molecule has 104 valence electrons. The quantitative estimate of drug-likeness (QED) is 0.403. The van der Waals surface area contributed by atoms with Crippen molar-refractivity contribution in [2.24, 2.45) is 4.99 Å². The van der Waals surface area contributed by atoms with Crippen molar-refractivity contribution < 1.29 is 17.9 Å². The Kier molecular flexibility index (Phi) is 5.95. The minimum atomic E-state index is -3.28. The van der Waals surface area contributed by atoms with Crippen LogP contribution in [-0.4, -0.2) is 56.4 Å². The first-order valence-corrected chi connectivity index (χ1v) is 7.76. The lowest BCUT2D eigenvalue weighted by molar-refractivity contribution is 0.161. The molecule has 18 heavy (non-hydrogen) atoms. The van der Waals surface area contributed by atoms with Crippen molar-refractivity contribution in [2.45, 2.75) is 38.8 Å². The molecule has 2 unspecified atom stereocenters. The summed E-state index contributed by atoms with van der Waals surface area (Å²) in [7, 11) is -3.28. The van der Waals surface area contributed by atoms with Crippen molar-refractivity contribution in [1.82, 2.24) is 4.31 Å². The van der Waals surface area contributed by atoms with E-state index < -0.39 is 10.0 Å². The number of hydrogen-bond donors (Lipinski definition) is 0. The second-order valence-electron chi connectivity index (χ2n) is 4.37. The molecule has 0 spiro atoms. The minimum Gasteiger partial charge on any atom is -0.381 e. The van der Waals surface area contributed by atoms with E-state index in [4.69, 9.17) is 4.74 Å². The van der Waals surface area contributed by atoms with E-state index in [1.807, 2.05) is 13.8 Å². The summed E-state index contributed by atoms with van der Waals surface area (Å²) in [5.41, 5.74) is 0. The first-order valence-electron chi connectivity index (χ1n) is 6.15. The summed E-state index contributed by atoms with van der Waals surface area (Å²) >= 11 is 0. The van der Waals surface area contributed by atoms with Gasteiger partial charge in [0.25, 0.3) is 0 Å². The van der Waals surface area contributed by atoms with Gasteiger partial charge in [0.15, 0.2) is 0 Å². The lowest BCUT2D eigenvalue weighted by Gasteiger charge is -2.34. The van der Waals surface area contributed by atoms with Gasteiger partial charge in [-0.1, -0.05) is 0 Å². The fourth-order valence-electron chi connectivity index (χ4n) is 2.16. The molecule has 0 aliphatic carbocycles. The van der Waals surface area contributed by atoms with Gasteiger partial charge >= 0.3 is 0 Å². The predicted octanol–water partition coefficient (Wildman–Crippen LogP) is 0.541. The molecule has 0 bridgehead atoms. The van der Waals surface area contributed by atoms with Crippen molar-refractivity contribution in [3.63, 3.8) is 0 Å². The molecule has 0 aromatic rings. The number of hydrogen-bond acceptors (Lipinski definition) is 5. The summed E-state index contributed by atoms with van der Waals surface area (Å²) in [4.78, 5) is 13.9. The molecule has 7 heteroatoms. The average Bonchev–Trinajstić information content (AvgIpc) is 2.29. The van der Waals surface area contributed by atoms with Crippen LogP contribution in [0, 0.1) is 0 Å². The van der Waals surface area contributed by atoms with Crippen LogP contribution in [0.4, 0.5) is 0 Å². The summed E-state index contributed by atoms with van der Waals surface area (Å²) < 4.78 is 30.7. The lowest BCUT2D eigenvalue weighted by atomic mass is 10.0. The SMILES string of the molecule is CCOCCS(=O)(=O)N1CCC(N=C=O)CC1C. The first-order chi connectivity index (χ1) is 8.51. The minimum absolute atomic E-state index is 0.00674. The molecule has 2 atom stereocenters. The van der Waals surface area contributed by atoms with Gasteiger partial charge in [-0.2, -0.15) is 4.31 Å². The highest BCUT2D eigenvalue weighted by Gasteiger charge is 2.33. The van der Waals surface area contributed by atoms with E-state index >= 15 is 0 Å². The maximum atomic E-state index is 12.1. The average molecular weight is 276 g/mol. The van der Waals surface area contributed by atoms with Crippen LogP contribution in [0.25, 0.3) is 0 Å². The summed E-state index contributed by atoms with van der Waals surface area (Å²) in [6.07, 6.45) is 2.69. The van der Waals surface area contributed by atoms with Crippen LogP contribution in [-0.2, 0) is 19.6 Å². The molecule has 0 N–H and O–H groups in total. The third-order valence-corrected chi connectivity index (χ3v) is 5.01. The Hall–Kier alpha value is -0.750. The third kappa shape index (κ3) is 4.17. The molecule has 0 aromatic carbocycles. The summed E-state index contributed by atoms with van der Waals surface area (Å²) in [6, 6.07) is -0.233. The maximum Gasteiger partial charge on any atom is 0.235 e. The Morgan fingerprint density at radius 2 is 2.22 bits per heavy atom. The molecule has 0 saturated carbocycles. The number of nitrogens with zero attached hydrogens (tertiary/aromatic N) is 2. The van der Waals surface area contributed by atoms with Gasteiger partial charge in [-0.05, 0) is 26.7 Å². The van der Waals surface area contributed by atoms with E-state index in [0.717, 1.165) is 0 Å². The zero-order chi connectivity index (χ0) is 13.6. The molecule has 6 nitrogen and oxygen atoms in total. The van der Waals surface area contributed by atoms with Gasteiger partial charge in [0.1, 0.15) is 0 Å². The van der Waals surface area contributed by atoms with Gasteiger partial charge < -0.3 is 4.74 Å². The van der Waals surface area contributed by atoms with Crippen LogP contribution in [0.15, 0.2) is 4.99 Å². The molecule has 1 saturated heterocycles. The predicted molar refractivity (Wildman–Crippen MR) is 67.6 cm³/mol. The molecule has 1 rings (SSSR count). The van der Waals surface area contributed by atoms with Gasteiger partial charge in [-0.25, -0.2) is 18.2 Å². The molecule has 0 radical (unpaired) electrons. The highest BCUT2D eigenvalue weighted by molar-refractivity contribution is 7.89. The normalized spacial score (nSPS) is 25.7.